The van der Waals surface area contributed by atoms with Gasteiger partial charge >= 0.3 is 6.09 Å². The molecule has 4 atom stereocenters. The Morgan fingerprint density at radius 2 is 1.97 bits per heavy atom. The van der Waals surface area contributed by atoms with Crippen LogP contribution in [-0.2, 0) is 20.8 Å². The highest BCUT2D eigenvalue weighted by Gasteiger charge is 2.38. The van der Waals surface area contributed by atoms with Crippen molar-refractivity contribution in [3.05, 3.63) is 102 Å². The summed E-state index contributed by atoms with van der Waals surface area (Å²) in [6.45, 7) is 5.79. The Bertz CT molecular complexity index is 1140. The van der Waals surface area contributed by atoms with E-state index in [0.29, 0.717) is 11.4 Å². The molecule has 7 nitrogen and oxygen atoms in total. The molecular weight excluding hydrogens is 476 g/mol. The zero-order chi connectivity index (χ0) is 25.3. The number of carbonyl (C=O) groups is 1. The van der Waals surface area contributed by atoms with Gasteiger partial charge in [-0.25, -0.2) is 9.78 Å². The lowest BCUT2D eigenvalue weighted by Crippen LogP contribution is -2.38. The molecule has 1 aromatic heterocycles. The molecular formula is C28H30N2O5S. The van der Waals surface area contributed by atoms with E-state index in [4.69, 9.17) is 14.2 Å². The standard InChI is InChI=1S/C28H30N2O5S/c1-3-15-33-28(32)30-23-8-6-7-22(16-23)27-34-24(18-36-25-9-4-5-14-29-25)19(2)26(35-27)21-12-10-20(17-31)11-13-21/h3-14,16,19,24,26-27,31H,1,15,17-18H2,2H3,(H,30,32). The van der Waals surface area contributed by atoms with Crippen LogP contribution in [0.4, 0.5) is 10.5 Å². The van der Waals surface area contributed by atoms with Crippen molar-refractivity contribution in [3.8, 4) is 0 Å². The van der Waals surface area contributed by atoms with Crippen LogP contribution >= 0.6 is 11.8 Å². The number of hydrogen-bond donors (Lipinski definition) is 2. The monoisotopic (exact) mass is 506 g/mol. The third kappa shape index (κ3) is 6.73. The SMILES string of the molecule is C=CCOC(=O)Nc1cccc(C2OC(CSc3ccccn3)C(C)C(c3ccc(CO)cc3)O2)c1. The number of anilines is 1. The van der Waals surface area contributed by atoms with Crippen molar-refractivity contribution in [2.45, 2.75) is 37.1 Å². The summed E-state index contributed by atoms with van der Waals surface area (Å²) in [6, 6.07) is 21.0. The van der Waals surface area contributed by atoms with Gasteiger partial charge in [0.15, 0.2) is 6.29 Å². The fraction of sp³-hybridized carbons (Fsp3) is 0.286. The molecule has 188 valence electrons. The number of amides is 1. The fourth-order valence-corrected chi connectivity index (χ4v) is 4.99. The number of ether oxygens (including phenoxy) is 3. The van der Waals surface area contributed by atoms with Crippen molar-refractivity contribution in [1.29, 1.82) is 0 Å². The highest BCUT2D eigenvalue weighted by Crippen LogP contribution is 2.43. The largest absolute Gasteiger partial charge is 0.445 e. The Morgan fingerprint density at radius 1 is 1.14 bits per heavy atom. The summed E-state index contributed by atoms with van der Waals surface area (Å²) in [5.74, 6) is 0.766. The third-order valence-corrected chi connectivity index (χ3v) is 6.93. The molecule has 3 aromatic rings. The van der Waals surface area contributed by atoms with Gasteiger partial charge in [-0.1, -0.05) is 62.0 Å². The van der Waals surface area contributed by atoms with E-state index in [-0.39, 0.29) is 31.3 Å². The van der Waals surface area contributed by atoms with Gasteiger partial charge in [-0.3, -0.25) is 5.32 Å². The van der Waals surface area contributed by atoms with E-state index in [0.717, 1.165) is 21.7 Å². The molecule has 36 heavy (non-hydrogen) atoms. The Hall–Kier alpha value is -3.17. The zero-order valence-corrected chi connectivity index (χ0v) is 20.9. The number of rotatable bonds is 9. The highest BCUT2D eigenvalue weighted by atomic mass is 32.2. The van der Waals surface area contributed by atoms with Gasteiger partial charge in [0.25, 0.3) is 0 Å². The van der Waals surface area contributed by atoms with E-state index in [9.17, 15) is 9.90 Å². The van der Waals surface area contributed by atoms with Crippen LogP contribution in [-0.4, -0.2) is 34.6 Å². The van der Waals surface area contributed by atoms with Crippen LogP contribution in [0.15, 0.2) is 90.6 Å². The van der Waals surface area contributed by atoms with Gasteiger partial charge in [0.05, 0.1) is 23.8 Å². The van der Waals surface area contributed by atoms with E-state index in [2.05, 4.69) is 23.8 Å². The first-order valence-electron chi connectivity index (χ1n) is 11.8. The maximum atomic E-state index is 12.0. The number of nitrogens with one attached hydrogen (secondary N) is 1. The van der Waals surface area contributed by atoms with Crippen molar-refractivity contribution >= 4 is 23.5 Å². The summed E-state index contributed by atoms with van der Waals surface area (Å²) in [6.07, 6.45) is 1.76. The number of benzene rings is 2. The maximum absolute atomic E-state index is 12.0. The Morgan fingerprint density at radius 3 is 2.69 bits per heavy atom. The summed E-state index contributed by atoms with van der Waals surface area (Å²) >= 11 is 1.64. The maximum Gasteiger partial charge on any atom is 0.411 e. The second-order valence-corrected chi connectivity index (χ2v) is 9.48. The van der Waals surface area contributed by atoms with Crippen molar-refractivity contribution < 1.29 is 24.1 Å². The minimum absolute atomic E-state index is 0.00847. The lowest BCUT2D eigenvalue weighted by molar-refractivity contribution is -0.268. The smallest absolute Gasteiger partial charge is 0.411 e. The van der Waals surface area contributed by atoms with Crippen LogP contribution in [0.5, 0.6) is 0 Å². The van der Waals surface area contributed by atoms with E-state index >= 15 is 0 Å². The quantitative estimate of drug-likeness (QED) is 0.276. The molecule has 0 bridgehead atoms. The number of aliphatic hydroxyl groups excluding tert-OH is 1. The first-order chi connectivity index (χ1) is 17.6. The molecule has 2 N–H and O–H groups in total. The van der Waals surface area contributed by atoms with Crippen LogP contribution in [0.3, 0.4) is 0 Å². The molecule has 0 radical (unpaired) electrons. The molecule has 8 heteroatoms. The van der Waals surface area contributed by atoms with Gasteiger partial charge in [-0.2, -0.15) is 0 Å². The highest BCUT2D eigenvalue weighted by molar-refractivity contribution is 7.99. The van der Waals surface area contributed by atoms with E-state index < -0.39 is 12.4 Å². The molecule has 0 saturated carbocycles. The van der Waals surface area contributed by atoms with Crippen molar-refractivity contribution in [3.63, 3.8) is 0 Å². The Balaban J connectivity index is 1.56. The van der Waals surface area contributed by atoms with Crippen LogP contribution in [0.2, 0.25) is 0 Å². The summed E-state index contributed by atoms with van der Waals surface area (Å²) in [5.41, 5.74) is 3.23. The molecule has 2 heterocycles. The lowest BCUT2D eigenvalue weighted by Gasteiger charge is -2.41. The molecule has 1 fully saturated rings. The fourth-order valence-electron chi connectivity index (χ4n) is 3.96. The summed E-state index contributed by atoms with van der Waals surface area (Å²) in [5, 5.41) is 13.1. The average Bonchev–Trinajstić information content (AvgIpc) is 2.92. The number of aliphatic hydroxyl groups is 1. The summed E-state index contributed by atoms with van der Waals surface area (Å²) < 4.78 is 18.0. The molecule has 4 rings (SSSR count). The second-order valence-electron chi connectivity index (χ2n) is 8.44. The third-order valence-electron chi connectivity index (χ3n) is 5.89. The predicted octanol–water partition coefficient (Wildman–Crippen LogP) is 5.89. The predicted molar refractivity (Wildman–Crippen MR) is 140 cm³/mol. The van der Waals surface area contributed by atoms with Gasteiger partial charge in [0.2, 0.25) is 0 Å². The Kier molecular flexibility index (Phi) is 9.13. The van der Waals surface area contributed by atoms with Crippen molar-refractivity contribution in [2.75, 3.05) is 17.7 Å². The first kappa shape index (κ1) is 25.9. The topological polar surface area (TPSA) is 89.9 Å². The van der Waals surface area contributed by atoms with Gasteiger partial charge < -0.3 is 19.3 Å². The number of hydrogen-bond acceptors (Lipinski definition) is 7. The van der Waals surface area contributed by atoms with E-state index in [1.807, 2.05) is 60.7 Å². The van der Waals surface area contributed by atoms with Crippen LogP contribution in [0, 0.1) is 5.92 Å². The van der Waals surface area contributed by atoms with Crippen LogP contribution in [0.1, 0.15) is 36.0 Å². The van der Waals surface area contributed by atoms with Crippen LogP contribution in [0.25, 0.3) is 0 Å². The van der Waals surface area contributed by atoms with Gasteiger partial charge in [0, 0.05) is 29.1 Å². The normalized spacial score (nSPS) is 21.5. The molecule has 1 aliphatic rings. The molecule has 2 aromatic carbocycles. The average molecular weight is 507 g/mol. The molecule has 1 aliphatic heterocycles. The lowest BCUT2D eigenvalue weighted by atomic mass is 9.91. The molecule has 0 aliphatic carbocycles. The summed E-state index contributed by atoms with van der Waals surface area (Å²) in [4.78, 5) is 16.4. The molecule has 1 amide bonds. The van der Waals surface area contributed by atoms with Gasteiger partial charge in [-0.15, -0.1) is 11.8 Å². The van der Waals surface area contributed by atoms with Crippen molar-refractivity contribution in [1.82, 2.24) is 4.98 Å². The minimum atomic E-state index is -0.635. The number of nitrogens with zero attached hydrogens (tertiary/aromatic N) is 1. The number of carbonyl (C=O) groups excluding carboxylic acids is 1. The van der Waals surface area contributed by atoms with Crippen molar-refractivity contribution in [2.24, 2.45) is 5.92 Å². The minimum Gasteiger partial charge on any atom is -0.445 e. The zero-order valence-electron chi connectivity index (χ0n) is 20.1. The van der Waals surface area contributed by atoms with Crippen LogP contribution < -0.4 is 5.32 Å². The van der Waals surface area contributed by atoms with E-state index in [1.165, 1.54) is 6.08 Å². The molecule has 4 unspecified atom stereocenters. The number of thioether (sulfide) groups is 1. The summed E-state index contributed by atoms with van der Waals surface area (Å²) in [7, 11) is 0. The number of aromatic nitrogens is 1. The van der Waals surface area contributed by atoms with Gasteiger partial charge in [0.1, 0.15) is 6.61 Å². The van der Waals surface area contributed by atoms with Gasteiger partial charge in [-0.05, 0) is 35.4 Å². The molecule has 0 spiro atoms. The Labute approximate surface area is 215 Å². The first-order valence-corrected chi connectivity index (χ1v) is 12.7. The second kappa shape index (κ2) is 12.7. The number of pyridine rings is 1. The van der Waals surface area contributed by atoms with E-state index in [1.54, 1.807) is 24.0 Å². The molecule has 1 saturated heterocycles.